The summed E-state index contributed by atoms with van der Waals surface area (Å²) in [5.41, 5.74) is 18.3. The van der Waals surface area contributed by atoms with Gasteiger partial charge in [0.1, 0.15) is 0 Å². The average Bonchev–Trinajstić information content (AvgIpc) is 1.98. The minimum Gasteiger partial charge on any atom is -0.123 e. The molecule has 0 bridgehead atoms. The highest BCUT2D eigenvalue weighted by atomic mass is 15.2. The van der Waals surface area contributed by atoms with E-state index in [1.54, 1.807) is 0 Å². The molecule has 0 aromatic carbocycles. The lowest BCUT2D eigenvalue weighted by Crippen LogP contribution is -1.77. The van der Waals surface area contributed by atoms with Crippen LogP contribution in [0.4, 0.5) is 0 Å². The molecule has 0 radical (unpaired) electrons. The smallest absolute Gasteiger partial charge is 0.0622 e. The van der Waals surface area contributed by atoms with E-state index in [2.05, 4.69) is 32.4 Å². The van der Waals surface area contributed by atoms with Gasteiger partial charge in [-0.1, -0.05) is 16.8 Å². The van der Waals surface area contributed by atoms with Gasteiger partial charge in [0.2, 0.25) is 0 Å². The highest BCUT2D eigenvalue weighted by Crippen LogP contribution is 1.93. The maximum Gasteiger partial charge on any atom is 0.0622 e. The Morgan fingerprint density at radius 1 is 1.50 bits per heavy atom. The zero-order chi connectivity index (χ0) is 7.82. The van der Waals surface area contributed by atoms with Crippen molar-refractivity contribution in [2.75, 3.05) is 6.54 Å². The Morgan fingerprint density at radius 3 is 2.60 bits per heavy atom. The Labute approximate surface area is 56.7 Å². The highest BCUT2D eigenvalue weighted by Gasteiger charge is 1.85. The fraction of sp³-hybridized carbons (Fsp3) is 0.250. The first-order chi connectivity index (χ1) is 4.85. The highest BCUT2D eigenvalue weighted by molar-refractivity contribution is 4.99. The van der Waals surface area contributed by atoms with E-state index in [1.807, 2.05) is 0 Å². The molecule has 50 valence electrons. The first kappa shape index (κ1) is 8.14. The molecule has 0 spiro atoms. The number of rotatable bonds is 3. The quantitative estimate of drug-likeness (QED) is 0.246. The standard InChI is InChI=1S/C4H4N6/c1-2-4(8-10-6)3-7-9-5/h1,3H2. The predicted molar refractivity (Wildman–Crippen MR) is 35.8 cm³/mol. The predicted octanol–water partition coefficient (Wildman–Crippen LogP) is 2.28. The number of azide groups is 2. The third kappa shape index (κ3) is 3.18. The van der Waals surface area contributed by atoms with E-state index >= 15 is 0 Å². The molecule has 0 aliphatic carbocycles. The van der Waals surface area contributed by atoms with Gasteiger partial charge >= 0.3 is 0 Å². The molecule has 10 heavy (non-hydrogen) atoms. The maximum atomic E-state index is 7.90. The molecule has 0 atom stereocenters. The molecular weight excluding hydrogens is 132 g/mol. The summed E-state index contributed by atoms with van der Waals surface area (Å²) < 4.78 is 0. The van der Waals surface area contributed by atoms with Gasteiger partial charge < -0.3 is 0 Å². The van der Waals surface area contributed by atoms with E-state index in [4.69, 9.17) is 11.1 Å². The average molecular weight is 136 g/mol. The molecule has 0 aromatic rings. The molecule has 0 aromatic heterocycles. The van der Waals surface area contributed by atoms with Crippen LogP contribution in [0.5, 0.6) is 0 Å². The van der Waals surface area contributed by atoms with Crippen molar-refractivity contribution in [3.8, 4) is 0 Å². The van der Waals surface area contributed by atoms with Crippen molar-refractivity contribution in [2.24, 2.45) is 10.2 Å². The van der Waals surface area contributed by atoms with Gasteiger partial charge in [-0.25, -0.2) is 0 Å². The maximum absolute atomic E-state index is 7.90. The molecule has 0 fully saturated rings. The normalized spacial score (nSPS) is 6.40. The van der Waals surface area contributed by atoms with Gasteiger partial charge in [-0.2, -0.15) is 0 Å². The van der Waals surface area contributed by atoms with Crippen molar-refractivity contribution in [3.05, 3.63) is 38.9 Å². The lowest BCUT2D eigenvalue weighted by molar-refractivity contribution is 1.08. The van der Waals surface area contributed by atoms with Gasteiger partial charge in [0.15, 0.2) is 0 Å². The fourth-order valence-electron chi connectivity index (χ4n) is 0.275. The van der Waals surface area contributed by atoms with Gasteiger partial charge in [0.25, 0.3) is 0 Å². The largest absolute Gasteiger partial charge is 0.123 e. The summed E-state index contributed by atoms with van der Waals surface area (Å²) in [5, 5.41) is 6.28. The lowest BCUT2D eigenvalue weighted by atomic mass is 10.5. The molecule has 0 saturated heterocycles. The summed E-state index contributed by atoms with van der Waals surface area (Å²) in [7, 11) is 0. The second-order valence-electron chi connectivity index (χ2n) is 1.20. The van der Waals surface area contributed by atoms with E-state index in [0.717, 1.165) is 0 Å². The zero-order valence-electron chi connectivity index (χ0n) is 5.10. The fourth-order valence-corrected chi connectivity index (χ4v) is 0.275. The first-order valence-corrected chi connectivity index (χ1v) is 2.30. The molecule has 6 nitrogen and oxygen atoms in total. The van der Waals surface area contributed by atoms with E-state index in [-0.39, 0.29) is 12.2 Å². The van der Waals surface area contributed by atoms with E-state index in [9.17, 15) is 0 Å². The van der Waals surface area contributed by atoms with Crippen LogP contribution < -0.4 is 0 Å². The molecular formula is C4H4N6. The third-order valence-corrected chi connectivity index (χ3v) is 0.653. The molecule has 0 heterocycles. The third-order valence-electron chi connectivity index (χ3n) is 0.653. The number of hydrogen-bond acceptors (Lipinski definition) is 2. The summed E-state index contributed by atoms with van der Waals surface area (Å²) in [5.74, 6) is 0. The van der Waals surface area contributed by atoms with E-state index < -0.39 is 0 Å². The molecule has 6 heteroatoms. The van der Waals surface area contributed by atoms with Crippen LogP contribution in [-0.2, 0) is 0 Å². The Hall–Kier alpha value is -1.86. The van der Waals surface area contributed by atoms with Crippen molar-refractivity contribution >= 4 is 0 Å². The van der Waals surface area contributed by atoms with Crippen LogP contribution in [0.3, 0.4) is 0 Å². The summed E-state index contributed by atoms with van der Waals surface area (Å²) in [4.78, 5) is 4.92. The Bertz CT molecular complexity index is 247. The van der Waals surface area contributed by atoms with Gasteiger partial charge in [0, 0.05) is 9.82 Å². The monoisotopic (exact) mass is 136 g/mol. The Balaban J connectivity index is 4.25. The molecule has 0 aliphatic rings. The number of hydrogen-bond donors (Lipinski definition) is 0. The molecule has 0 amide bonds. The van der Waals surface area contributed by atoms with Crippen LogP contribution in [0.15, 0.2) is 28.2 Å². The minimum atomic E-state index is -0.00986. The van der Waals surface area contributed by atoms with Gasteiger partial charge in [-0.3, -0.25) is 0 Å². The second kappa shape index (κ2) is 5.28. The summed E-state index contributed by atoms with van der Waals surface area (Å²) in [6, 6.07) is 0. The topological polar surface area (TPSA) is 97.5 Å². The summed E-state index contributed by atoms with van der Waals surface area (Å²) in [6.07, 6.45) is 0. The zero-order valence-corrected chi connectivity index (χ0v) is 5.10. The van der Waals surface area contributed by atoms with Gasteiger partial charge in [-0.05, 0) is 11.1 Å². The molecule has 0 aliphatic heterocycles. The van der Waals surface area contributed by atoms with Crippen LogP contribution >= 0.6 is 0 Å². The van der Waals surface area contributed by atoms with Gasteiger partial charge in [0.05, 0.1) is 12.2 Å². The van der Waals surface area contributed by atoms with Gasteiger partial charge in [-0.15, -0.1) is 5.73 Å². The Kier molecular flexibility index (Phi) is 4.30. The van der Waals surface area contributed by atoms with Crippen LogP contribution in [0.25, 0.3) is 20.9 Å². The van der Waals surface area contributed by atoms with Crippen molar-refractivity contribution in [3.63, 3.8) is 0 Å². The molecule has 0 saturated carbocycles. The van der Waals surface area contributed by atoms with Crippen molar-refractivity contribution in [1.82, 2.24) is 0 Å². The Morgan fingerprint density at radius 2 is 2.20 bits per heavy atom. The van der Waals surface area contributed by atoms with Crippen molar-refractivity contribution in [2.45, 2.75) is 0 Å². The first-order valence-electron chi connectivity index (χ1n) is 2.30. The van der Waals surface area contributed by atoms with Crippen LogP contribution in [0, 0.1) is 0 Å². The summed E-state index contributed by atoms with van der Waals surface area (Å²) >= 11 is 0. The minimum absolute atomic E-state index is 0.00986. The SMILES string of the molecule is C=C=C(CN=[N+]=[N-])N=[N+]=[N-]. The molecule has 0 rings (SSSR count). The van der Waals surface area contributed by atoms with Crippen LogP contribution in [0.2, 0.25) is 0 Å². The number of nitrogens with zero attached hydrogens (tertiary/aromatic N) is 6. The van der Waals surface area contributed by atoms with Crippen LogP contribution in [-0.4, -0.2) is 6.54 Å². The second-order valence-corrected chi connectivity index (χ2v) is 1.20. The van der Waals surface area contributed by atoms with Crippen molar-refractivity contribution in [1.29, 1.82) is 0 Å². The molecule has 0 unspecified atom stereocenters. The van der Waals surface area contributed by atoms with E-state index in [1.165, 1.54) is 0 Å². The van der Waals surface area contributed by atoms with Crippen molar-refractivity contribution < 1.29 is 0 Å². The van der Waals surface area contributed by atoms with Crippen LogP contribution in [0.1, 0.15) is 0 Å². The molecule has 0 N–H and O–H groups in total. The lowest BCUT2D eigenvalue weighted by Gasteiger charge is -1.83. The van der Waals surface area contributed by atoms with E-state index in [0.29, 0.717) is 0 Å². The summed E-state index contributed by atoms with van der Waals surface area (Å²) in [6.45, 7) is 3.21.